The van der Waals surface area contributed by atoms with Crippen molar-refractivity contribution >= 4 is 11.6 Å². The summed E-state index contributed by atoms with van der Waals surface area (Å²) in [6.07, 6.45) is 2.13. The Morgan fingerprint density at radius 3 is 2.27 bits per heavy atom. The second-order valence-electron chi connectivity index (χ2n) is 9.82. The van der Waals surface area contributed by atoms with Crippen LogP contribution in [0.1, 0.15) is 60.5 Å². The molecule has 0 N–H and O–H groups in total. The summed E-state index contributed by atoms with van der Waals surface area (Å²) in [6.45, 7) is 9.12. The maximum absolute atomic E-state index is 6.14. The highest BCUT2D eigenvalue weighted by molar-refractivity contribution is 6.30. The second kappa shape index (κ2) is 9.40. The molecular weight excluding hydrogens is 430 g/mol. The number of hydrogen-bond donors (Lipinski definition) is 0. The zero-order valence-electron chi connectivity index (χ0n) is 19.7. The van der Waals surface area contributed by atoms with Gasteiger partial charge in [0.1, 0.15) is 0 Å². The van der Waals surface area contributed by atoms with Crippen molar-refractivity contribution in [3.05, 3.63) is 93.5 Å². The molecule has 33 heavy (non-hydrogen) atoms. The molecule has 3 aromatic rings. The maximum atomic E-state index is 6.14. The van der Waals surface area contributed by atoms with Crippen molar-refractivity contribution < 1.29 is 9.47 Å². The van der Waals surface area contributed by atoms with Gasteiger partial charge in [-0.15, -0.1) is 0 Å². The highest BCUT2D eigenvalue weighted by Gasteiger charge is 2.34. The molecule has 2 aliphatic heterocycles. The summed E-state index contributed by atoms with van der Waals surface area (Å²) in [5.41, 5.74) is 6.80. The Balaban J connectivity index is 1.49. The number of hydrogen-bond acceptors (Lipinski definition) is 3. The van der Waals surface area contributed by atoms with Crippen LogP contribution < -0.4 is 9.47 Å². The van der Waals surface area contributed by atoms with Crippen LogP contribution in [0.25, 0.3) is 0 Å². The van der Waals surface area contributed by atoms with Crippen LogP contribution in [-0.2, 0) is 19.4 Å². The van der Waals surface area contributed by atoms with Gasteiger partial charge in [-0.25, -0.2) is 0 Å². The molecule has 0 aromatic heterocycles. The van der Waals surface area contributed by atoms with Gasteiger partial charge in [0, 0.05) is 30.1 Å². The Morgan fingerprint density at radius 1 is 0.909 bits per heavy atom. The lowest BCUT2D eigenvalue weighted by atomic mass is 9.81. The molecule has 0 radical (unpaired) electrons. The average Bonchev–Trinajstić information content (AvgIpc) is 3.26. The van der Waals surface area contributed by atoms with Gasteiger partial charge in [0.05, 0.1) is 0 Å². The normalized spacial score (nSPS) is 18.4. The maximum Gasteiger partial charge on any atom is 0.231 e. The van der Waals surface area contributed by atoms with Gasteiger partial charge < -0.3 is 9.47 Å². The lowest BCUT2D eigenvalue weighted by molar-refractivity contribution is 0.154. The summed E-state index contributed by atoms with van der Waals surface area (Å²) in [4.78, 5) is 2.61. The van der Waals surface area contributed by atoms with Crippen LogP contribution >= 0.6 is 11.6 Å². The molecule has 0 unspecified atom stereocenters. The molecule has 0 saturated carbocycles. The van der Waals surface area contributed by atoms with E-state index in [4.69, 9.17) is 21.1 Å². The van der Waals surface area contributed by atoms with Crippen molar-refractivity contribution in [2.24, 2.45) is 5.92 Å². The zero-order chi connectivity index (χ0) is 22.9. The Bertz CT molecular complexity index is 1110. The third-order valence-corrected chi connectivity index (χ3v) is 7.19. The molecule has 0 fully saturated rings. The first-order valence-corrected chi connectivity index (χ1v) is 12.4. The first-order valence-electron chi connectivity index (χ1n) is 12.0. The summed E-state index contributed by atoms with van der Waals surface area (Å²) < 4.78 is 11.4. The van der Waals surface area contributed by atoms with Crippen LogP contribution in [0, 0.1) is 5.92 Å². The van der Waals surface area contributed by atoms with Crippen LogP contribution in [0.3, 0.4) is 0 Å². The summed E-state index contributed by atoms with van der Waals surface area (Å²) in [5, 5.41) is 0.779. The third-order valence-electron chi connectivity index (χ3n) is 6.94. The van der Waals surface area contributed by atoms with E-state index in [2.05, 4.69) is 74.2 Å². The standard InChI is InChI=1S/C29H32ClNO2/c1-19(2)14-21-4-8-23(9-5-21)20(3)29-26-16-28-27(32-18-33-28)15-24(26)12-13-31(29)17-22-6-10-25(30)11-7-22/h4-11,15-16,19-20,29H,12-14,17-18H2,1-3H3/t20-,29+/m1/s1. The highest BCUT2D eigenvalue weighted by Crippen LogP contribution is 2.45. The molecule has 2 atom stereocenters. The Hall–Kier alpha value is -2.49. The molecule has 4 heteroatoms. The van der Waals surface area contributed by atoms with Gasteiger partial charge in [-0.2, -0.15) is 0 Å². The van der Waals surface area contributed by atoms with Gasteiger partial charge in [-0.05, 0) is 70.8 Å². The molecule has 0 bridgehead atoms. The number of fused-ring (bicyclic) bond motifs is 2. The van der Waals surface area contributed by atoms with Gasteiger partial charge in [-0.1, -0.05) is 68.8 Å². The lowest BCUT2D eigenvalue weighted by Crippen LogP contribution is -2.37. The molecule has 0 amide bonds. The number of rotatable bonds is 6. The number of nitrogens with zero attached hydrogens (tertiary/aromatic N) is 1. The fourth-order valence-corrected chi connectivity index (χ4v) is 5.42. The molecule has 3 nitrogen and oxygen atoms in total. The van der Waals surface area contributed by atoms with Gasteiger partial charge in [-0.3, -0.25) is 4.90 Å². The smallest absolute Gasteiger partial charge is 0.231 e. The molecular formula is C29H32ClNO2. The quantitative estimate of drug-likeness (QED) is 0.388. The fraction of sp³-hybridized carbons (Fsp3) is 0.379. The molecule has 172 valence electrons. The minimum Gasteiger partial charge on any atom is -0.454 e. The van der Waals surface area contributed by atoms with E-state index in [9.17, 15) is 0 Å². The largest absolute Gasteiger partial charge is 0.454 e. The Labute approximate surface area is 202 Å². The predicted octanol–water partition coefficient (Wildman–Crippen LogP) is 7.17. The van der Waals surface area contributed by atoms with E-state index in [1.807, 2.05) is 12.1 Å². The molecule has 0 spiro atoms. The molecule has 3 aromatic carbocycles. The van der Waals surface area contributed by atoms with Gasteiger partial charge >= 0.3 is 0 Å². The minimum absolute atomic E-state index is 0.259. The minimum atomic E-state index is 0.259. The lowest BCUT2D eigenvalue weighted by Gasteiger charge is -2.41. The van der Waals surface area contributed by atoms with E-state index >= 15 is 0 Å². The second-order valence-corrected chi connectivity index (χ2v) is 10.3. The van der Waals surface area contributed by atoms with Crippen molar-refractivity contribution in [2.45, 2.75) is 52.1 Å². The predicted molar refractivity (Wildman–Crippen MR) is 134 cm³/mol. The number of benzene rings is 3. The van der Waals surface area contributed by atoms with E-state index in [1.54, 1.807) is 0 Å². The fourth-order valence-electron chi connectivity index (χ4n) is 5.29. The SMILES string of the molecule is CC(C)Cc1ccc([C@@H](C)[C@H]2c3cc4c(cc3CCN2Cc2ccc(Cl)cc2)OCO4)cc1. The summed E-state index contributed by atoms with van der Waals surface area (Å²) >= 11 is 6.14. The first-order chi connectivity index (χ1) is 16.0. The van der Waals surface area contributed by atoms with Crippen molar-refractivity contribution in [1.29, 1.82) is 0 Å². The topological polar surface area (TPSA) is 21.7 Å². The molecule has 0 saturated heterocycles. The van der Waals surface area contributed by atoms with Gasteiger partial charge in [0.25, 0.3) is 0 Å². The van der Waals surface area contributed by atoms with Crippen LogP contribution in [0.4, 0.5) is 0 Å². The average molecular weight is 462 g/mol. The third kappa shape index (κ3) is 4.76. The highest BCUT2D eigenvalue weighted by atomic mass is 35.5. The van der Waals surface area contributed by atoms with Crippen molar-refractivity contribution in [2.75, 3.05) is 13.3 Å². The summed E-state index contributed by atoms with van der Waals surface area (Å²) in [7, 11) is 0. The van der Waals surface area contributed by atoms with Crippen LogP contribution in [-0.4, -0.2) is 18.2 Å². The summed E-state index contributed by atoms with van der Waals surface area (Å²) in [6, 6.07) is 22.2. The Kier molecular flexibility index (Phi) is 6.36. The first kappa shape index (κ1) is 22.3. The Morgan fingerprint density at radius 2 is 1.58 bits per heavy atom. The van der Waals surface area contributed by atoms with E-state index in [1.165, 1.54) is 27.8 Å². The van der Waals surface area contributed by atoms with Crippen molar-refractivity contribution in [3.8, 4) is 11.5 Å². The zero-order valence-corrected chi connectivity index (χ0v) is 20.4. The number of halogens is 1. The van der Waals surface area contributed by atoms with Crippen LogP contribution in [0.5, 0.6) is 11.5 Å². The number of ether oxygens (including phenoxy) is 2. The van der Waals surface area contributed by atoms with Crippen molar-refractivity contribution in [1.82, 2.24) is 4.90 Å². The van der Waals surface area contributed by atoms with E-state index < -0.39 is 0 Å². The van der Waals surface area contributed by atoms with Crippen LogP contribution in [0.15, 0.2) is 60.7 Å². The molecule has 0 aliphatic carbocycles. The molecule has 5 rings (SSSR count). The molecule has 2 heterocycles. The molecule has 2 aliphatic rings. The van der Waals surface area contributed by atoms with E-state index in [0.717, 1.165) is 42.5 Å². The van der Waals surface area contributed by atoms with E-state index in [0.29, 0.717) is 18.6 Å². The monoisotopic (exact) mass is 461 g/mol. The van der Waals surface area contributed by atoms with Crippen LogP contribution in [0.2, 0.25) is 5.02 Å². The van der Waals surface area contributed by atoms with Gasteiger partial charge in [0.2, 0.25) is 6.79 Å². The van der Waals surface area contributed by atoms with E-state index in [-0.39, 0.29) is 6.04 Å². The van der Waals surface area contributed by atoms with Gasteiger partial charge in [0.15, 0.2) is 11.5 Å². The van der Waals surface area contributed by atoms with Crippen molar-refractivity contribution in [3.63, 3.8) is 0 Å². The summed E-state index contributed by atoms with van der Waals surface area (Å²) in [5.74, 6) is 2.75.